The van der Waals surface area contributed by atoms with E-state index in [0.29, 0.717) is 35.0 Å². The lowest BCUT2D eigenvalue weighted by atomic mass is 10.0. The number of amides is 1. The van der Waals surface area contributed by atoms with Gasteiger partial charge >= 0.3 is 6.09 Å². The van der Waals surface area contributed by atoms with E-state index in [9.17, 15) is 14.7 Å². The first-order valence-corrected chi connectivity index (χ1v) is 14.7. The van der Waals surface area contributed by atoms with Crippen molar-refractivity contribution in [3.05, 3.63) is 75.6 Å². The van der Waals surface area contributed by atoms with E-state index in [0.717, 1.165) is 5.56 Å². The van der Waals surface area contributed by atoms with Crippen molar-refractivity contribution in [3.63, 3.8) is 0 Å². The number of phenolic OH excluding ortho intramolecular Hbond substituents is 1. The van der Waals surface area contributed by atoms with Crippen molar-refractivity contribution in [1.29, 1.82) is 5.26 Å². The van der Waals surface area contributed by atoms with E-state index < -0.39 is 20.5 Å². The molecule has 3 N–H and O–H groups in total. The number of nitrogens with zero attached hydrogens (tertiary/aromatic N) is 1. The van der Waals surface area contributed by atoms with Crippen molar-refractivity contribution < 1.29 is 19.1 Å². The van der Waals surface area contributed by atoms with Crippen LogP contribution in [0.1, 0.15) is 43.6 Å². The van der Waals surface area contributed by atoms with Crippen molar-refractivity contribution in [2.45, 2.75) is 51.4 Å². The highest BCUT2D eigenvalue weighted by Crippen LogP contribution is 2.41. The predicted molar refractivity (Wildman–Crippen MR) is 141 cm³/mol. The second kappa shape index (κ2) is 11.0. The minimum atomic E-state index is -2.28. The van der Waals surface area contributed by atoms with Gasteiger partial charge in [0.25, 0.3) is 0 Å². The topological polar surface area (TPSA) is 124 Å². The maximum Gasteiger partial charge on any atom is 0.407 e. The molecule has 1 amide bonds. The number of ether oxygens (including phenoxy) is 1. The number of aromatic amines is 1. The number of nitriles is 1. The summed E-state index contributed by atoms with van der Waals surface area (Å²) < 4.78 is 12.2. The van der Waals surface area contributed by atoms with Crippen LogP contribution in [-0.2, 0) is 15.6 Å². The standard InChI is InChI=1S/C27H33N3O5Si/c1-27(2,3)36(4,5)35-23(20-10-12-22(31)25-21(20)11-13-24(32)30-25)17-34-26(33)29-15-14-18-6-8-19(16-28)9-7-18/h6-13,23,31H,14-15,17H2,1-5H3,(H,29,33)(H,30,32)/t23-/m0/s1. The van der Waals surface area contributed by atoms with Crippen LogP contribution < -0.4 is 10.9 Å². The summed E-state index contributed by atoms with van der Waals surface area (Å²) in [5, 5.41) is 22.5. The first-order valence-electron chi connectivity index (χ1n) is 11.8. The lowest BCUT2D eigenvalue weighted by Gasteiger charge is -2.39. The second-order valence-corrected chi connectivity index (χ2v) is 15.0. The maximum atomic E-state index is 12.5. The lowest BCUT2D eigenvalue weighted by Crippen LogP contribution is -2.43. The number of rotatable bonds is 8. The summed E-state index contributed by atoms with van der Waals surface area (Å²) in [5.74, 6) is -0.0426. The van der Waals surface area contributed by atoms with E-state index in [1.165, 1.54) is 12.1 Å². The van der Waals surface area contributed by atoms with E-state index in [1.54, 1.807) is 24.3 Å². The smallest absolute Gasteiger partial charge is 0.407 e. The van der Waals surface area contributed by atoms with Gasteiger partial charge in [-0.3, -0.25) is 4.79 Å². The highest BCUT2D eigenvalue weighted by Gasteiger charge is 2.40. The molecule has 0 fully saturated rings. The number of phenols is 1. The monoisotopic (exact) mass is 507 g/mol. The predicted octanol–water partition coefficient (Wildman–Crippen LogP) is 5.14. The number of hydrogen-bond donors (Lipinski definition) is 3. The van der Waals surface area contributed by atoms with Crippen LogP contribution in [0.4, 0.5) is 4.79 Å². The minimum Gasteiger partial charge on any atom is -0.506 e. The molecule has 0 aliphatic rings. The molecule has 0 aliphatic carbocycles. The molecule has 0 saturated carbocycles. The van der Waals surface area contributed by atoms with Crippen molar-refractivity contribution in [2.24, 2.45) is 0 Å². The third-order valence-electron chi connectivity index (χ3n) is 6.63. The van der Waals surface area contributed by atoms with E-state index in [2.05, 4.69) is 50.2 Å². The molecule has 36 heavy (non-hydrogen) atoms. The minimum absolute atomic E-state index is 0.0335. The van der Waals surface area contributed by atoms with Crippen LogP contribution in [-0.4, -0.2) is 37.7 Å². The van der Waals surface area contributed by atoms with Crippen LogP contribution in [0.25, 0.3) is 10.9 Å². The quantitative estimate of drug-likeness (QED) is 0.363. The zero-order valence-corrected chi connectivity index (χ0v) is 22.3. The van der Waals surface area contributed by atoms with E-state index in [-0.39, 0.29) is 23.0 Å². The van der Waals surface area contributed by atoms with Crippen LogP contribution in [0.2, 0.25) is 18.1 Å². The molecule has 9 heteroatoms. The highest BCUT2D eigenvalue weighted by atomic mass is 28.4. The van der Waals surface area contributed by atoms with Gasteiger partial charge in [-0.25, -0.2) is 4.79 Å². The van der Waals surface area contributed by atoms with Gasteiger partial charge < -0.3 is 24.6 Å². The van der Waals surface area contributed by atoms with Gasteiger partial charge in [0.15, 0.2) is 8.32 Å². The Bertz CT molecular complexity index is 1320. The van der Waals surface area contributed by atoms with Gasteiger partial charge in [-0.05, 0) is 59.9 Å². The van der Waals surface area contributed by atoms with Gasteiger partial charge in [0, 0.05) is 18.0 Å². The molecule has 0 bridgehead atoms. The fourth-order valence-electron chi connectivity index (χ4n) is 3.52. The van der Waals surface area contributed by atoms with Crippen LogP contribution in [0.3, 0.4) is 0 Å². The molecular formula is C27H33N3O5Si. The van der Waals surface area contributed by atoms with Crippen LogP contribution >= 0.6 is 0 Å². The van der Waals surface area contributed by atoms with Crippen molar-refractivity contribution in [1.82, 2.24) is 10.3 Å². The number of nitrogens with one attached hydrogen (secondary N) is 2. The Morgan fingerprint density at radius 2 is 1.83 bits per heavy atom. The van der Waals surface area contributed by atoms with Gasteiger partial charge in [-0.2, -0.15) is 5.26 Å². The Morgan fingerprint density at radius 3 is 2.47 bits per heavy atom. The molecule has 3 rings (SSSR count). The molecule has 1 aromatic heterocycles. The molecule has 2 aromatic carbocycles. The average Bonchev–Trinajstić information content (AvgIpc) is 2.82. The Hall–Kier alpha value is -3.61. The molecule has 0 radical (unpaired) electrons. The summed E-state index contributed by atoms with van der Waals surface area (Å²) in [6.07, 6.45) is -0.561. The summed E-state index contributed by atoms with van der Waals surface area (Å²) in [4.78, 5) is 27.0. The number of H-pyrrole nitrogens is 1. The summed E-state index contributed by atoms with van der Waals surface area (Å²) in [5.41, 5.74) is 2.29. The average molecular weight is 508 g/mol. The van der Waals surface area contributed by atoms with Gasteiger partial charge in [0.05, 0.1) is 17.1 Å². The zero-order valence-electron chi connectivity index (χ0n) is 21.3. The first kappa shape index (κ1) is 27.0. The fraction of sp³-hybridized carbons (Fsp3) is 0.370. The number of carbonyl (C=O) groups excluding carboxylic acids is 1. The number of aromatic nitrogens is 1. The van der Waals surface area contributed by atoms with Crippen molar-refractivity contribution in [2.75, 3.05) is 13.2 Å². The number of fused-ring (bicyclic) bond motifs is 1. The molecular weight excluding hydrogens is 474 g/mol. The Morgan fingerprint density at radius 1 is 1.14 bits per heavy atom. The highest BCUT2D eigenvalue weighted by molar-refractivity contribution is 6.74. The Kier molecular flexibility index (Phi) is 8.23. The second-order valence-electron chi connectivity index (χ2n) is 10.2. The summed E-state index contributed by atoms with van der Waals surface area (Å²) in [6, 6.07) is 15.6. The van der Waals surface area contributed by atoms with Gasteiger partial charge in [0.2, 0.25) is 5.56 Å². The Labute approximate surface area is 212 Å². The lowest BCUT2D eigenvalue weighted by molar-refractivity contribution is 0.0747. The number of pyridine rings is 1. The van der Waals surface area contributed by atoms with Gasteiger partial charge in [0.1, 0.15) is 18.5 Å². The van der Waals surface area contributed by atoms with Crippen LogP contribution in [0.15, 0.2) is 53.3 Å². The van der Waals surface area contributed by atoms with Crippen LogP contribution in [0, 0.1) is 11.3 Å². The SMILES string of the molecule is CC(C)(C)[Si](C)(C)O[C@@H](COC(=O)NCCc1ccc(C#N)cc1)c1ccc(O)c2[nH]c(=O)ccc12. The third kappa shape index (κ3) is 6.53. The summed E-state index contributed by atoms with van der Waals surface area (Å²) in [7, 11) is -2.28. The molecule has 8 nitrogen and oxygen atoms in total. The first-order chi connectivity index (χ1) is 16.9. The van der Waals surface area contributed by atoms with Crippen molar-refractivity contribution >= 4 is 25.3 Å². The largest absolute Gasteiger partial charge is 0.506 e. The normalized spacial score (nSPS) is 12.7. The number of aromatic hydroxyl groups is 1. The summed E-state index contributed by atoms with van der Waals surface area (Å²) >= 11 is 0. The number of hydrogen-bond acceptors (Lipinski definition) is 6. The molecule has 1 atom stereocenters. The fourth-order valence-corrected chi connectivity index (χ4v) is 4.78. The molecule has 1 heterocycles. The molecule has 190 valence electrons. The number of alkyl carbamates (subject to hydrolysis) is 1. The third-order valence-corrected chi connectivity index (χ3v) is 11.1. The Balaban J connectivity index is 1.76. The van der Waals surface area contributed by atoms with E-state index in [1.807, 2.05) is 12.1 Å². The van der Waals surface area contributed by atoms with E-state index in [4.69, 9.17) is 14.4 Å². The summed E-state index contributed by atoms with van der Waals surface area (Å²) in [6.45, 7) is 10.9. The molecule has 0 aliphatic heterocycles. The van der Waals surface area contributed by atoms with Gasteiger partial charge in [-0.15, -0.1) is 0 Å². The van der Waals surface area contributed by atoms with Crippen molar-refractivity contribution in [3.8, 4) is 11.8 Å². The van der Waals surface area contributed by atoms with E-state index >= 15 is 0 Å². The van der Waals surface area contributed by atoms with Crippen LogP contribution in [0.5, 0.6) is 5.75 Å². The maximum absolute atomic E-state index is 12.5. The zero-order chi connectivity index (χ0) is 26.5. The molecule has 0 spiro atoms. The molecule has 0 saturated heterocycles. The number of carbonyl (C=O) groups is 1. The molecule has 0 unspecified atom stereocenters. The number of benzene rings is 2. The van der Waals surface area contributed by atoms with Gasteiger partial charge in [-0.1, -0.05) is 39.0 Å². The molecule has 3 aromatic rings.